The molecule has 25 heavy (non-hydrogen) atoms. The van der Waals surface area contributed by atoms with Gasteiger partial charge >= 0.3 is 0 Å². The van der Waals surface area contributed by atoms with Crippen molar-refractivity contribution in [1.29, 1.82) is 0 Å². The zero-order valence-electron chi connectivity index (χ0n) is 14.9. The molecule has 0 bridgehead atoms. The zero-order valence-corrected chi connectivity index (χ0v) is 14.9. The van der Waals surface area contributed by atoms with Crippen LogP contribution in [0.2, 0.25) is 0 Å². The molecule has 0 aliphatic carbocycles. The Kier molecular flexibility index (Phi) is 3.88. The van der Waals surface area contributed by atoms with Gasteiger partial charge in [-0.1, -0.05) is 48.0 Å². The van der Waals surface area contributed by atoms with E-state index in [2.05, 4.69) is 52.5 Å². The summed E-state index contributed by atoms with van der Waals surface area (Å²) < 4.78 is 13.3. The number of rotatable bonds is 3. The molecule has 1 aliphatic heterocycles. The molecule has 7 nitrogen and oxygen atoms in total. The Balaban J connectivity index is 1.62. The van der Waals surface area contributed by atoms with Gasteiger partial charge in [0, 0.05) is 5.92 Å². The van der Waals surface area contributed by atoms with E-state index < -0.39 is 0 Å². The second-order valence-corrected chi connectivity index (χ2v) is 6.84. The van der Waals surface area contributed by atoms with Crippen LogP contribution in [0.25, 0.3) is 11.6 Å². The first kappa shape index (κ1) is 16.0. The van der Waals surface area contributed by atoms with Gasteiger partial charge in [-0.3, -0.25) is 0 Å². The first-order valence-corrected chi connectivity index (χ1v) is 8.48. The lowest BCUT2D eigenvalue weighted by Gasteiger charge is -2.25. The van der Waals surface area contributed by atoms with Gasteiger partial charge in [-0.2, -0.15) is 4.98 Å². The minimum Gasteiger partial charge on any atom is -0.365 e. The predicted molar refractivity (Wildman–Crippen MR) is 90.8 cm³/mol. The second kappa shape index (κ2) is 6.07. The lowest BCUT2D eigenvalue weighted by Crippen LogP contribution is -2.22. The highest BCUT2D eigenvalue weighted by Gasteiger charge is 2.28. The van der Waals surface area contributed by atoms with Crippen molar-refractivity contribution in [2.45, 2.75) is 52.9 Å². The average Bonchev–Trinajstić information content (AvgIpc) is 3.20. The van der Waals surface area contributed by atoms with Crippen LogP contribution in [-0.4, -0.2) is 25.1 Å². The molecule has 3 heterocycles. The highest BCUT2D eigenvalue weighted by Crippen LogP contribution is 2.32. The first-order valence-electron chi connectivity index (χ1n) is 8.48. The first-order chi connectivity index (χ1) is 12.0. The predicted octanol–water partition coefficient (Wildman–Crippen LogP) is 3.34. The third-order valence-corrected chi connectivity index (χ3v) is 4.53. The maximum absolute atomic E-state index is 6.10. The van der Waals surface area contributed by atoms with Crippen LogP contribution in [0, 0.1) is 13.8 Å². The van der Waals surface area contributed by atoms with Gasteiger partial charge in [-0.25, -0.2) is 4.68 Å². The third kappa shape index (κ3) is 2.84. The molecule has 0 saturated carbocycles. The summed E-state index contributed by atoms with van der Waals surface area (Å²) in [7, 11) is 0. The lowest BCUT2D eigenvalue weighted by atomic mass is 10.0. The molecule has 2 aromatic heterocycles. The van der Waals surface area contributed by atoms with Gasteiger partial charge in [0.05, 0.1) is 18.8 Å². The average molecular weight is 339 g/mol. The van der Waals surface area contributed by atoms with Crippen LogP contribution in [0.15, 0.2) is 22.7 Å². The van der Waals surface area contributed by atoms with E-state index >= 15 is 0 Å². The summed E-state index contributed by atoms with van der Waals surface area (Å²) in [4.78, 5) is 4.41. The minimum atomic E-state index is -0.0310. The summed E-state index contributed by atoms with van der Waals surface area (Å²) in [5.41, 5.74) is 5.15. The molecule has 4 rings (SSSR count). The Morgan fingerprint density at radius 1 is 1.24 bits per heavy atom. The molecule has 130 valence electrons. The molecule has 1 aromatic carbocycles. The lowest BCUT2D eigenvalue weighted by molar-refractivity contribution is -0.00153. The number of hydrogen-bond acceptors (Lipinski definition) is 6. The Morgan fingerprint density at radius 2 is 2.08 bits per heavy atom. The van der Waals surface area contributed by atoms with Crippen molar-refractivity contribution in [3.63, 3.8) is 0 Å². The molecule has 7 heteroatoms. The van der Waals surface area contributed by atoms with E-state index in [1.54, 1.807) is 0 Å². The van der Waals surface area contributed by atoms with Gasteiger partial charge in [-0.05, 0) is 25.0 Å². The maximum atomic E-state index is 6.10. The molecule has 0 saturated heterocycles. The number of aryl methyl sites for hydroxylation is 2. The summed E-state index contributed by atoms with van der Waals surface area (Å²) in [5.74, 6) is 1.27. The SMILES string of the molecule is Cc1ccc([C@H]2Cn3nnc(-c4nc(C(C)C)no4)c3CO2)c(C)c1. The maximum Gasteiger partial charge on any atom is 0.280 e. The molecule has 0 unspecified atom stereocenters. The van der Waals surface area contributed by atoms with E-state index in [9.17, 15) is 0 Å². The summed E-state index contributed by atoms with van der Waals surface area (Å²) in [6.07, 6.45) is -0.0310. The summed E-state index contributed by atoms with van der Waals surface area (Å²) in [5, 5.41) is 12.5. The smallest absolute Gasteiger partial charge is 0.280 e. The topological polar surface area (TPSA) is 78.9 Å². The Labute approximate surface area is 146 Å². The normalized spacial score (nSPS) is 17.1. The fourth-order valence-electron chi connectivity index (χ4n) is 3.12. The largest absolute Gasteiger partial charge is 0.365 e. The summed E-state index contributed by atoms with van der Waals surface area (Å²) in [6, 6.07) is 6.41. The molecular weight excluding hydrogens is 318 g/mol. The van der Waals surface area contributed by atoms with Crippen molar-refractivity contribution >= 4 is 0 Å². The van der Waals surface area contributed by atoms with Crippen molar-refractivity contribution in [3.05, 3.63) is 46.4 Å². The highest BCUT2D eigenvalue weighted by atomic mass is 16.5. The Bertz CT molecular complexity index is 912. The van der Waals surface area contributed by atoms with Crippen LogP contribution < -0.4 is 0 Å². The number of ether oxygens (including phenoxy) is 1. The van der Waals surface area contributed by atoms with E-state index in [-0.39, 0.29) is 12.0 Å². The Morgan fingerprint density at radius 3 is 2.80 bits per heavy atom. The number of benzene rings is 1. The zero-order chi connectivity index (χ0) is 17.6. The Hall–Kier alpha value is -2.54. The number of aromatic nitrogens is 5. The quantitative estimate of drug-likeness (QED) is 0.728. The van der Waals surface area contributed by atoms with E-state index in [1.165, 1.54) is 16.7 Å². The number of nitrogens with zero attached hydrogens (tertiary/aromatic N) is 5. The van der Waals surface area contributed by atoms with Gasteiger partial charge in [0.1, 0.15) is 6.10 Å². The molecule has 0 spiro atoms. The number of fused-ring (bicyclic) bond motifs is 1. The molecule has 3 aromatic rings. The van der Waals surface area contributed by atoms with E-state index in [1.807, 2.05) is 18.5 Å². The molecular formula is C18H21N5O2. The number of hydrogen-bond donors (Lipinski definition) is 0. The van der Waals surface area contributed by atoms with E-state index in [4.69, 9.17) is 9.26 Å². The van der Waals surface area contributed by atoms with Crippen molar-refractivity contribution in [2.75, 3.05) is 0 Å². The van der Waals surface area contributed by atoms with E-state index in [0.29, 0.717) is 30.6 Å². The fraction of sp³-hybridized carbons (Fsp3) is 0.444. The van der Waals surface area contributed by atoms with Crippen LogP contribution in [0.3, 0.4) is 0 Å². The van der Waals surface area contributed by atoms with Gasteiger partial charge in [-0.15, -0.1) is 5.10 Å². The van der Waals surface area contributed by atoms with Gasteiger partial charge in [0.15, 0.2) is 11.5 Å². The fourth-order valence-corrected chi connectivity index (χ4v) is 3.12. The van der Waals surface area contributed by atoms with Gasteiger partial charge in [0.2, 0.25) is 0 Å². The van der Waals surface area contributed by atoms with Gasteiger partial charge < -0.3 is 9.26 Å². The van der Waals surface area contributed by atoms with Crippen molar-refractivity contribution in [2.24, 2.45) is 0 Å². The van der Waals surface area contributed by atoms with Crippen LogP contribution in [0.5, 0.6) is 0 Å². The second-order valence-electron chi connectivity index (χ2n) is 6.84. The van der Waals surface area contributed by atoms with E-state index in [0.717, 1.165) is 5.69 Å². The van der Waals surface area contributed by atoms with Gasteiger partial charge in [0.25, 0.3) is 5.89 Å². The molecule has 0 radical (unpaired) electrons. The standard InChI is InChI=1S/C18H21N5O2/c1-10(2)17-19-18(25-21-17)16-14-9-24-15(8-23(14)22-20-16)13-6-5-11(3)7-12(13)4/h5-7,10,15H,8-9H2,1-4H3/t15-/m1/s1. The summed E-state index contributed by atoms with van der Waals surface area (Å²) >= 11 is 0. The summed E-state index contributed by atoms with van der Waals surface area (Å²) in [6.45, 7) is 9.29. The van der Waals surface area contributed by atoms with Crippen molar-refractivity contribution < 1.29 is 9.26 Å². The third-order valence-electron chi connectivity index (χ3n) is 4.53. The minimum absolute atomic E-state index is 0.0310. The highest BCUT2D eigenvalue weighted by molar-refractivity contribution is 5.50. The van der Waals surface area contributed by atoms with Crippen LogP contribution in [0.1, 0.15) is 54.1 Å². The van der Waals surface area contributed by atoms with Crippen molar-refractivity contribution in [3.8, 4) is 11.6 Å². The molecule has 1 atom stereocenters. The molecule has 0 amide bonds. The van der Waals surface area contributed by atoms with Crippen LogP contribution >= 0.6 is 0 Å². The van der Waals surface area contributed by atoms with Crippen LogP contribution in [0.4, 0.5) is 0 Å². The van der Waals surface area contributed by atoms with Crippen molar-refractivity contribution in [1.82, 2.24) is 25.1 Å². The molecule has 0 fully saturated rings. The molecule has 0 N–H and O–H groups in total. The monoisotopic (exact) mass is 339 g/mol. The molecule has 1 aliphatic rings. The van der Waals surface area contributed by atoms with Crippen LogP contribution in [-0.2, 0) is 17.9 Å².